The lowest BCUT2D eigenvalue weighted by Gasteiger charge is -2.35. The highest BCUT2D eigenvalue weighted by molar-refractivity contribution is 6.45. The lowest BCUT2D eigenvalue weighted by Crippen LogP contribution is -2.47. The van der Waals surface area contributed by atoms with Gasteiger partial charge in [0.2, 0.25) is 17.2 Å². The van der Waals surface area contributed by atoms with Gasteiger partial charge in [0, 0.05) is 77.9 Å². The summed E-state index contributed by atoms with van der Waals surface area (Å²) >= 11 is 6.56. The third-order valence-corrected chi connectivity index (χ3v) is 21.4. The lowest BCUT2D eigenvalue weighted by molar-refractivity contribution is 0.0516. The fourth-order valence-electron chi connectivity index (χ4n) is 15.3. The molecule has 2 aliphatic rings. The molecule has 3 heterocycles. The second-order valence-electron chi connectivity index (χ2n) is 31.0. The number of rotatable bonds is 25. The predicted molar refractivity (Wildman–Crippen MR) is 445 cm³/mol. The topological polar surface area (TPSA) is 159 Å². The standard InChI is InChI=1S/C94H89ClN8O6/c1-11-13-15-17-19-65(20-18-16-14-12-2)102-86(104)74-53-51-72-83-79(109-71-49-33-62(34-50-71)94(8,9)10)56-77-81-75(54-52-73(85(81)83)82-78(55-76(88(102)106)80(74)84(72)82)108-70-47-31-61(32-48-70)93(5,6)7)87(105)103(89(77)107)69-45-37-64(38-46-69)97-92-99-90(95)98-91(100-92)96-63-35-27-59(28-36-63)25-26-60-29-43-68(44-30-60)101(66-39-21-57(3)22-40-66)67-41-23-58(4)24-42-67/h21-56,65H,11-20H2,1-10H3,(H2,96,97,98,99,100)/b26-25+. The van der Waals surface area contributed by atoms with E-state index in [0.717, 1.165) is 109 Å². The van der Waals surface area contributed by atoms with E-state index < -0.39 is 11.8 Å². The van der Waals surface area contributed by atoms with Gasteiger partial charge >= 0.3 is 0 Å². The number of unbranched alkanes of at least 4 members (excludes halogenated alkanes) is 6. The number of benzene rings is 12. The van der Waals surface area contributed by atoms with E-state index in [2.05, 4.69) is 197 Å². The van der Waals surface area contributed by atoms with Gasteiger partial charge in [0.05, 0.1) is 16.8 Å². The molecular formula is C94H89ClN8O6. The highest BCUT2D eigenvalue weighted by Gasteiger charge is 2.42. The van der Waals surface area contributed by atoms with Crippen molar-refractivity contribution in [3.05, 3.63) is 267 Å². The number of aromatic nitrogens is 3. The first-order valence-electron chi connectivity index (χ1n) is 38.1. The highest BCUT2D eigenvalue weighted by atomic mass is 35.5. The molecule has 0 unspecified atom stereocenters. The van der Waals surface area contributed by atoms with E-state index in [0.29, 0.717) is 94.2 Å². The minimum atomic E-state index is -0.564. The van der Waals surface area contributed by atoms with E-state index in [-0.39, 0.29) is 51.4 Å². The Morgan fingerprint density at radius 1 is 0.431 bits per heavy atom. The molecule has 0 aliphatic carbocycles. The summed E-state index contributed by atoms with van der Waals surface area (Å²) in [6.45, 7) is 21.5. The van der Waals surface area contributed by atoms with Crippen molar-refractivity contribution in [2.45, 2.75) is 150 Å². The Morgan fingerprint density at radius 3 is 1.27 bits per heavy atom. The molecule has 15 rings (SSSR count). The number of nitrogens with zero attached hydrogens (tertiary/aromatic N) is 6. The number of fused-ring (bicyclic) bond motifs is 2. The van der Waals surface area contributed by atoms with Crippen molar-refractivity contribution in [3.63, 3.8) is 0 Å². The maximum absolute atomic E-state index is 15.7. The van der Waals surface area contributed by atoms with Crippen LogP contribution in [0.2, 0.25) is 5.28 Å². The van der Waals surface area contributed by atoms with E-state index in [4.69, 9.17) is 21.1 Å². The molecule has 0 spiro atoms. The van der Waals surface area contributed by atoms with Crippen molar-refractivity contribution in [2.24, 2.45) is 0 Å². The maximum atomic E-state index is 15.7. The Kier molecular flexibility index (Phi) is 20.1. The molecular weight excluding hydrogens is 1370 g/mol. The molecule has 1 aromatic heterocycles. The Morgan fingerprint density at radius 2 is 0.826 bits per heavy atom. The van der Waals surface area contributed by atoms with Crippen molar-refractivity contribution >= 4 is 136 Å². The largest absolute Gasteiger partial charge is 0.457 e. The van der Waals surface area contributed by atoms with Gasteiger partial charge in [-0.25, -0.2) is 4.90 Å². The van der Waals surface area contributed by atoms with Crippen LogP contribution in [0.25, 0.3) is 55.2 Å². The first-order chi connectivity index (χ1) is 52.6. The quantitative estimate of drug-likeness (QED) is 0.0184. The number of carbonyl (C=O) groups is 4. The number of halogens is 1. The first-order valence-corrected chi connectivity index (χ1v) is 38.5. The molecule has 14 nitrogen and oxygen atoms in total. The molecule has 13 aromatic rings. The second-order valence-corrected chi connectivity index (χ2v) is 31.4. The zero-order chi connectivity index (χ0) is 76.0. The Balaban J connectivity index is 0.744. The first kappa shape index (κ1) is 72.8. The Labute approximate surface area is 642 Å². The van der Waals surface area contributed by atoms with Crippen LogP contribution in [0, 0.1) is 13.8 Å². The predicted octanol–water partition coefficient (Wildman–Crippen LogP) is 25.2. The highest BCUT2D eigenvalue weighted by Crippen LogP contribution is 2.54. The number of imide groups is 2. The number of nitrogens with one attached hydrogen (secondary N) is 2. The summed E-state index contributed by atoms with van der Waals surface area (Å²) in [4.78, 5) is 80.9. The number of carbonyl (C=O) groups excluding carboxylic acids is 4. The van der Waals surface area contributed by atoms with Crippen LogP contribution in [0.1, 0.15) is 194 Å². The van der Waals surface area contributed by atoms with Gasteiger partial charge in [-0.15, -0.1) is 0 Å². The molecule has 0 radical (unpaired) electrons. The van der Waals surface area contributed by atoms with Crippen LogP contribution in [-0.4, -0.2) is 49.5 Å². The number of ether oxygens (including phenoxy) is 2. The summed E-state index contributed by atoms with van der Waals surface area (Å²) in [6.07, 6.45) is 13.7. The van der Waals surface area contributed by atoms with Gasteiger partial charge in [-0.05, 0) is 203 Å². The molecule has 2 aliphatic heterocycles. The van der Waals surface area contributed by atoms with Crippen molar-refractivity contribution in [2.75, 3.05) is 20.4 Å². The summed E-state index contributed by atoms with van der Waals surface area (Å²) in [6, 6.07) is 67.1. The molecule has 0 bridgehead atoms. The van der Waals surface area contributed by atoms with Crippen LogP contribution in [0.15, 0.2) is 206 Å². The minimum absolute atomic E-state index is 0.0445. The molecule has 12 aromatic carbocycles. The van der Waals surface area contributed by atoms with Crippen molar-refractivity contribution in [1.82, 2.24) is 19.9 Å². The van der Waals surface area contributed by atoms with E-state index in [1.807, 2.05) is 84.9 Å². The molecule has 0 fully saturated rings. The number of anilines is 8. The fraction of sp³-hybridized carbons (Fsp3) is 0.245. The summed E-state index contributed by atoms with van der Waals surface area (Å²) < 4.78 is 14.2. The van der Waals surface area contributed by atoms with Crippen molar-refractivity contribution < 1.29 is 28.7 Å². The molecule has 548 valence electrons. The zero-order valence-corrected chi connectivity index (χ0v) is 64.2. The van der Waals surface area contributed by atoms with Gasteiger partial charge in [0.25, 0.3) is 23.6 Å². The minimum Gasteiger partial charge on any atom is -0.457 e. The van der Waals surface area contributed by atoms with Gasteiger partial charge in [-0.1, -0.05) is 215 Å². The van der Waals surface area contributed by atoms with Gasteiger partial charge in [0.15, 0.2) is 0 Å². The monoisotopic (exact) mass is 1460 g/mol. The van der Waals surface area contributed by atoms with E-state index in [9.17, 15) is 0 Å². The molecule has 4 amide bonds. The average Bonchev–Trinajstić information content (AvgIpc) is 0.680. The smallest absolute Gasteiger partial charge is 0.266 e. The summed E-state index contributed by atoms with van der Waals surface area (Å²) in [5, 5.41) is 11.2. The average molecular weight is 1460 g/mol. The van der Waals surface area contributed by atoms with Crippen LogP contribution in [0.3, 0.4) is 0 Å². The van der Waals surface area contributed by atoms with E-state index in [1.165, 1.54) is 16.0 Å². The molecule has 2 N–H and O–H groups in total. The van der Waals surface area contributed by atoms with Gasteiger partial charge in [-0.2, -0.15) is 15.0 Å². The van der Waals surface area contributed by atoms with Crippen LogP contribution in [0.4, 0.5) is 46.0 Å². The van der Waals surface area contributed by atoms with Gasteiger partial charge in [0.1, 0.15) is 23.0 Å². The van der Waals surface area contributed by atoms with E-state index in [1.54, 1.807) is 41.3 Å². The Hall–Kier alpha value is -11.7. The van der Waals surface area contributed by atoms with Crippen LogP contribution in [-0.2, 0) is 10.8 Å². The van der Waals surface area contributed by atoms with Crippen LogP contribution < -0.4 is 29.9 Å². The zero-order valence-electron chi connectivity index (χ0n) is 63.4. The van der Waals surface area contributed by atoms with Gasteiger partial charge in [-0.3, -0.25) is 24.1 Å². The van der Waals surface area contributed by atoms with E-state index >= 15 is 19.2 Å². The number of amides is 4. The molecule has 0 saturated heterocycles. The van der Waals surface area contributed by atoms with Crippen LogP contribution >= 0.6 is 11.6 Å². The third-order valence-electron chi connectivity index (χ3n) is 21.2. The fourth-order valence-corrected chi connectivity index (χ4v) is 15.5. The summed E-state index contributed by atoms with van der Waals surface area (Å²) in [5.41, 5.74) is 12.6. The van der Waals surface area contributed by atoms with Crippen LogP contribution in [0.5, 0.6) is 23.0 Å². The summed E-state index contributed by atoms with van der Waals surface area (Å²) in [7, 11) is 0. The van der Waals surface area contributed by atoms with Crippen molar-refractivity contribution in [1.29, 1.82) is 0 Å². The lowest BCUT2D eigenvalue weighted by atomic mass is 9.81. The Bertz CT molecular complexity index is 5600. The molecule has 0 atom stereocenters. The summed E-state index contributed by atoms with van der Waals surface area (Å²) in [5.74, 6) is 0.422. The number of hydrogen-bond acceptors (Lipinski definition) is 12. The SMILES string of the molecule is CCCCCCC(CCCCCC)N1C(=O)c2ccc3c4c(Oc5ccc(C(C)(C)C)cc5)cc5c6c(ccc(c7c(Oc8ccc(C(C)(C)C)cc8)cc(c2c37)C1=O)c64)C(=O)N(c1ccc(Nc2nc(Cl)nc(Nc3ccc(/C=C/c4ccc(N(c6ccc(C)cc6)c6ccc(C)cc6)cc4)cc3)n2)cc1)C5=O. The maximum Gasteiger partial charge on any atom is 0.266 e. The molecule has 109 heavy (non-hydrogen) atoms. The number of hydrogen-bond donors (Lipinski definition) is 2. The molecule has 15 heteroatoms. The van der Waals surface area contributed by atoms with Crippen molar-refractivity contribution in [3.8, 4) is 23.0 Å². The number of aryl methyl sites for hydroxylation is 2. The normalized spacial score (nSPS) is 13.2. The van der Waals surface area contributed by atoms with Gasteiger partial charge < -0.3 is 25.0 Å². The third kappa shape index (κ3) is 14.7. The molecule has 0 saturated carbocycles. The second kappa shape index (κ2) is 30.1.